The van der Waals surface area contributed by atoms with Gasteiger partial charge in [-0.2, -0.15) is 0 Å². The van der Waals surface area contributed by atoms with Crippen LogP contribution < -0.4 is 9.47 Å². The Morgan fingerprint density at radius 2 is 2.05 bits per heavy atom. The van der Waals surface area contributed by atoms with E-state index in [2.05, 4.69) is 6.58 Å². The lowest BCUT2D eigenvalue weighted by atomic mass is 9.82. The van der Waals surface area contributed by atoms with Gasteiger partial charge in [0.15, 0.2) is 11.5 Å². The van der Waals surface area contributed by atoms with Crippen molar-refractivity contribution in [2.75, 3.05) is 14.2 Å². The molecule has 1 aliphatic heterocycles. The van der Waals surface area contributed by atoms with Gasteiger partial charge in [0.1, 0.15) is 11.7 Å². The van der Waals surface area contributed by atoms with Crippen LogP contribution in [0.25, 0.3) is 0 Å². The summed E-state index contributed by atoms with van der Waals surface area (Å²) in [7, 11) is 2.87. The van der Waals surface area contributed by atoms with Crippen LogP contribution in [-0.2, 0) is 4.74 Å². The van der Waals surface area contributed by atoms with Crippen molar-refractivity contribution in [2.24, 2.45) is 5.41 Å². The quantitative estimate of drug-likeness (QED) is 0.677. The van der Waals surface area contributed by atoms with Crippen molar-refractivity contribution in [1.29, 1.82) is 0 Å². The predicted molar refractivity (Wildman–Crippen MR) is 73.3 cm³/mol. The van der Waals surface area contributed by atoms with E-state index in [0.717, 1.165) is 0 Å². The fourth-order valence-electron chi connectivity index (χ4n) is 2.31. The minimum absolute atomic E-state index is 0.125. The Morgan fingerprint density at radius 3 is 2.55 bits per heavy atom. The standard InChI is InChI=1S/C15H18O5/c1-6-15(2,3)13-8-7-9(18-4)12(19-5)11(16)10(8)14(17)20-13/h6-7,13,16H,1H2,2-5H3. The molecule has 1 aromatic rings. The molecule has 0 bridgehead atoms. The van der Waals surface area contributed by atoms with Crippen LogP contribution in [0, 0.1) is 5.41 Å². The van der Waals surface area contributed by atoms with E-state index >= 15 is 0 Å². The Kier molecular flexibility index (Phi) is 3.38. The number of cyclic esters (lactones) is 1. The summed E-state index contributed by atoms with van der Waals surface area (Å²) in [5.41, 5.74) is 0.241. The second-order valence-corrected chi connectivity index (χ2v) is 5.24. The molecule has 0 saturated heterocycles. The third-order valence-electron chi connectivity index (χ3n) is 3.59. The Balaban J connectivity index is 2.69. The first kappa shape index (κ1) is 14.2. The van der Waals surface area contributed by atoms with Crippen LogP contribution in [0.4, 0.5) is 0 Å². The summed E-state index contributed by atoms with van der Waals surface area (Å²) in [6.07, 6.45) is 1.20. The van der Waals surface area contributed by atoms with E-state index < -0.39 is 17.5 Å². The van der Waals surface area contributed by atoms with Crippen molar-refractivity contribution in [3.8, 4) is 17.2 Å². The minimum Gasteiger partial charge on any atom is -0.504 e. The lowest BCUT2D eigenvalue weighted by molar-refractivity contribution is 0.0148. The van der Waals surface area contributed by atoms with Crippen LogP contribution in [-0.4, -0.2) is 25.3 Å². The number of benzene rings is 1. The number of fused-ring (bicyclic) bond motifs is 1. The highest BCUT2D eigenvalue weighted by atomic mass is 16.6. The van der Waals surface area contributed by atoms with E-state index in [1.54, 1.807) is 12.1 Å². The fourth-order valence-corrected chi connectivity index (χ4v) is 2.31. The topological polar surface area (TPSA) is 65.0 Å². The molecule has 0 aromatic heterocycles. The number of esters is 1. The number of carbonyl (C=O) groups is 1. The number of ether oxygens (including phenoxy) is 3. The molecule has 0 aliphatic carbocycles. The average molecular weight is 278 g/mol. The molecule has 5 nitrogen and oxygen atoms in total. The SMILES string of the molecule is C=CC(C)(C)C1OC(=O)c2c1cc(OC)c(OC)c2O. The van der Waals surface area contributed by atoms with E-state index in [-0.39, 0.29) is 17.1 Å². The van der Waals surface area contributed by atoms with Crippen LogP contribution in [0.3, 0.4) is 0 Å². The van der Waals surface area contributed by atoms with Gasteiger partial charge in [-0.05, 0) is 6.07 Å². The van der Waals surface area contributed by atoms with Gasteiger partial charge in [0.05, 0.1) is 14.2 Å². The second-order valence-electron chi connectivity index (χ2n) is 5.24. The normalized spacial score (nSPS) is 17.4. The Hall–Kier alpha value is -2.17. The third kappa shape index (κ3) is 1.90. The Labute approximate surface area is 117 Å². The molecule has 1 heterocycles. The first-order valence-corrected chi connectivity index (χ1v) is 6.19. The molecule has 1 unspecified atom stereocenters. The molecule has 108 valence electrons. The number of hydrogen-bond acceptors (Lipinski definition) is 5. The van der Waals surface area contributed by atoms with E-state index in [4.69, 9.17) is 14.2 Å². The summed E-state index contributed by atoms with van der Waals surface area (Å²) in [5.74, 6) is -0.347. The van der Waals surface area contributed by atoms with Gasteiger partial charge in [0, 0.05) is 11.0 Å². The number of phenols is 1. The summed E-state index contributed by atoms with van der Waals surface area (Å²) < 4.78 is 15.7. The number of rotatable bonds is 4. The zero-order chi connectivity index (χ0) is 15.1. The monoisotopic (exact) mass is 278 g/mol. The van der Waals surface area contributed by atoms with E-state index in [0.29, 0.717) is 11.3 Å². The highest BCUT2D eigenvalue weighted by Crippen LogP contribution is 2.51. The Morgan fingerprint density at radius 1 is 1.40 bits per heavy atom. The maximum absolute atomic E-state index is 12.0. The molecule has 1 aliphatic rings. The van der Waals surface area contributed by atoms with Crippen molar-refractivity contribution < 1.29 is 24.1 Å². The summed E-state index contributed by atoms with van der Waals surface area (Å²) in [6, 6.07) is 1.66. The van der Waals surface area contributed by atoms with Gasteiger partial charge >= 0.3 is 5.97 Å². The number of aromatic hydroxyl groups is 1. The van der Waals surface area contributed by atoms with Crippen molar-refractivity contribution in [1.82, 2.24) is 0 Å². The number of carbonyl (C=O) groups excluding carboxylic acids is 1. The van der Waals surface area contributed by atoms with Gasteiger partial charge in [0.25, 0.3) is 0 Å². The van der Waals surface area contributed by atoms with Crippen LogP contribution in [0.5, 0.6) is 17.2 Å². The largest absolute Gasteiger partial charge is 0.504 e. The molecule has 0 radical (unpaired) electrons. The van der Waals surface area contributed by atoms with Gasteiger partial charge in [-0.3, -0.25) is 0 Å². The summed E-state index contributed by atoms with van der Waals surface area (Å²) in [5, 5.41) is 10.2. The predicted octanol–water partition coefficient (Wildman–Crippen LogP) is 2.83. The van der Waals surface area contributed by atoms with E-state index in [1.165, 1.54) is 14.2 Å². The van der Waals surface area contributed by atoms with Gasteiger partial charge in [-0.1, -0.05) is 19.9 Å². The average Bonchev–Trinajstić information content (AvgIpc) is 2.76. The van der Waals surface area contributed by atoms with Crippen LogP contribution in [0.1, 0.15) is 35.9 Å². The maximum Gasteiger partial charge on any atom is 0.343 e. The fraction of sp³-hybridized carbons (Fsp3) is 0.400. The smallest absolute Gasteiger partial charge is 0.343 e. The van der Waals surface area contributed by atoms with Gasteiger partial charge in [0.2, 0.25) is 5.75 Å². The zero-order valence-electron chi connectivity index (χ0n) is 12.0. The van der Waals surface area contributed by atoms with Gasteiger partial charge in [-0.15, -0.1) is 6.58 Å². The zero-order valence-corrected chi connectivity index (χ0v) is 12.0. The molecule has 0 spiro atoms. The lowest BCUT2D eigenvalue weighted by Gasteiger charge is -2.27. The number of methoxy groups -OCH3 is 2. The second kappa shape index (κ2) is 4.74. The molecule has 20 heavy (non-hydrogen) atoms. The molecular weight excluding hydrogens is 260 g/mol. The lowest BCUT2D eigenvalue weighted by Crippen LogP contribution is -2.19. The first-order chi connectivity index (χ1) is 9.37. The summed E-state index contributed by atoms with van der Waals surface area (Å²) in [6.45, 7) is 7.57. The van der Waals surface area contributed by atoms with Crippen LogP contribution in [0.2, 0.25) is 0 Å². The van der Waals surface area contributed by atoms with Crippen molar-refractivity contribution >= 4 is 5.97 Å². The van der Waals surface area contributed by atoms with Crippen molar-refractivity contribution in [3.63, 3.8) is 0 Å². The van der Waals surface area contributed by atoms with Gasteiger partial charge < -0.3 is 19.3 Å². The first-order valence-electron chi connectivity index (χ1n) is 6.19. The molecule has 2 rings (SSSR count). The molecule has 1 atom stereocenters. The van der Waals surface area contributed by atoms with Crippen molar-refractivity contribution in [3.05, 3.63) is 29.8 Å². The van der Waals surface area contributed by atoms with Crippen molar-refractivity contribution in [2.45, 2.75) is 20.0 Å². The van der Waals surface area contributed by atoms with Gasteiger partial charge in [-0.25, -0.2) is 4.79 Å². The molecular formula is C15H18O5. The van der Waals surface area contributed by atoms with E-state index in [1.807, 2.05) is 13.8 Å². The minimum atomic E-state index is -0.571. The molecule has 5 heteroatoms. The summed E-state index contributed by atoms with van der Waals surface area (Å²) in [4.78, 5) is 12.0. The Bertz CT molecular complexity index is 574. The highest BCUT2D eigenvalue weighted by Gasteiger charge is 2.43. The third-order valence-corrected chi connectivity index (χ3v) is 3.59. The van der Waals surface area contributed by atoms with E-state index in [9.17, 15) is 9.90 Å². The number of hydrogen-bond donors (Lipinski definition) is 1. The number of phenolic OH excluding ortho intramolecular Hbond substituents is 1. The molecule has 0 saturated carbocycles. The van der Waals surface area contributed by atoms with Crippen LogP contribution >= 0.6 is 0 Å². The molecule has 0 fully saturated rings. The highest BCUT2D eigenvalue weighted by molar-refractivity contribution is 5.98. The van der Waals surface area contributed by atoms with Crippen LogP contribution in [0.15, 0.2) is 18.7 Å². The molecule has 0 amide bonds. The summed E-state index contributed by atoms with van der Waals surface area (Å²) >= 11 is 0. The molecule has 1 N–H and O–H groups in total. The maximum atomic E-state index is 12.0. The molecule has 1 aromatic carbocycles.